The Kier molecular flexibility index (Phi) is 5.09. The van der Waals surface area contributed by atoms with E-state index in [0.29, 0.717) is 22.2 Å². The minimum Gasteiger partial charge on any atom is -0.507 e. The molecule has 6 nitrogen and oxygen atoms in total. The first-order valence-corrected chi connectivity index (χ1v) is 11.2. The lowest BCUT2D eigenvalue weighted by Gasteiger charge is -2.20. The number of aliphatic hydroxyl groups is 1. The molecule has 1 saturated heterocycles. The van der Waals surface area contributed by atoms with Gasteiger partial charge in [-0.3, -0.25) is 14.5 Å². The van der Waals surface area contributed by atoms with E-state index in [1.165, 1.54) is 40.5 Å². The quantitative estimate of drug-likeness (QED) is 0.245. The second kappa shape index (κ2) is 7.97. The molecule has 3 heterocycles. The van der Waals surface area contributed by atoms with E-state index in [9.17, 15) is 19.1 Å². The van der Waals surface area contributed by atoms with Crippen molar-refractivity contribution in [3.8, 4) is 0 Å². The van der Waals surface area contributed by atoms with Gasteiger partial charge < -0.3 is 9.52 Å². The standard InChI is InChI=1S/C25H19FN2O4S/c1-3-14-5-10-17-19(12-14)33-25(27-17)28-21(18-11-4-13(2)32-18)20(23(30)24(28)31)22(29)15-6-8-16(26)9-7-15/h4-12,21,29H,3H2,1-2H3/b22-20+/t21-/m1/s1. The first-order chi connectivity index (χ1) is 15.9. The minimum absolute atomic E-state index is 0.130. The maximum absolute atomic E-state index is 13.4. The molecule has 0 radical (unpaired) electrons. The number of carbonyl (C=O) groups excluding carboxylic acids is 2. The molecule has 0 unspecified atom stereocenters. The van der Waals surface area contributed by atoms with Gasteiger partial charge in [0.05, 0.1) is 15.8 Å². The van der Waals surface area contributed by atoms with E-state index < -0.39 is 29.3 Å². The van der Waals surface area contributed by atoms with Gasteiger partial charge in [-0.1, -0.05) is 24.3 Å². The summed E-state index contributed by atoms with van der Waals surface area (Å²) in [6, 6.07) is 13.3. The van der Waals surface area contributed by atoms with E-state index in [-0.39, 0.29) is 11.1 Å². The Hall–Kier alpha value is -3.78. The number of benzene rings is 2. The van der Waals surface area contributed by atoms with Gasteiger partial charge in [0, 0.05) is 5.56 Å². The van der Waals surface area contributed by atoms with E-state index in [4.69, 9.17) is 4.42 Å². The Morgan fingerprint density at radius 3 is 2.58 bits per heavy atom. The van der Waals surface area contributed by atoms with Gasteiger partial charge >= 0.3 is 5.91 Å². The summed E-state index contributed by atoms with van der Waals surface area (Å²) in [7, 11) is 0. The number of halogens is 1. The number of fused-ring (bicyclic) bond motifs is 1. The Morgan fingerprint density at radius 1 is 1.15 bits per heavy atom. The molecule has 166 valence electrons. The molecule has 1 aliphatic rings. The van der Waals surface area contributed by atoms with Gasteiger partial charge in [-0.05, 0) is 67.4 Å². The van der Waals surface area contributed by atoms with Crippen molar-refractivity contribution >= 4 is 44.1 Å². The molecule has 1 atom stereocenters. The summed E-state index contributed by atoms with van der Waals surface area (Å²) in [6.07, 6.45) is 0.858. The van der Waals surface area contributed by atoms with E-state index in [1.54, 1.807) is 19.1 Å². The van der Waals surface area contributed by atoms with Crippen LogP contribution in [0, 0.1) is 12.7 Å². The number of anilines is 1. The zero-order valence-corrected chi connectivity index (χ0v) is 18.6. The largest absolute Gasteiger partial charge is 0.507 e. The number of nitrogens with zero attached hydrogens (tertiary/aromatic N) is 2. The monoisotopic (exact) mass is 462 g/mol. The van der Waals surface area contributed by atoms with Crippen LogP contribution < -0.4 is 4.90 Å². The summed E-state index contributed by atoms with van der Waals surface area (Å²) >= 11 is 1.29. The second-order valence-electron chi connectivity index (χ2n) is 7.78. The normalized spacial score (nSPS) is 17.9. The SMILES string of the molecule is CCc1ccc2nc(N3C(=O)C(=O)/C(=C(/O)c4ccc(F)cc4)[C@H]3c3ccc(C)o3)sc2c1. The lowest BCUT2D eigenvalue weighted by molar-refractivity contribution is -0.132. The van der Waals surface area contributed by atoms with Crippen LogP contribution in [0.1, 0.15) is 35.6 Å². The third-order valence-corrected chi connectivity index (χ3v) is 6.67. The number of furan rings is 1. The molecule has 1 amide bonds. The number of hydrogen-bond donors (Lipinski definition) is 1. The molecule has 8 heteroatoms. The molecule has 0 bridgehead atoms. The van der Waals surface area contributed by atoms with Crippen molar-refractivity contribution in [1.29, 1.82) is 0 Å². The van der Waals surface area contributed by atoms with Crippen LogP contribution in [0.5, 0.6) is 0 Å². The second-order valence-corrected chi connectivity index (χ2v) is 8.79. The first kappa shape index (κ1) is 21.1. The van der Waals surface area contributed by atoms with E-state index in [2.05, 4.69) is 11.9 Å². The Bertz CT molecular complexity index is 1430. The summed E-state index contributed by atoms with van der Waals surface area (Å²) in [6.45, 7) is 3.80. The highest BCUT2D eigenvalue weighted by molar-refractivity contribution is 7.22. The van der Waals surface area contributed by atoms with E-state index in [1.807, 2.05) is 18.2 Å². The highest BCUT2D eigenvalue weighted by Gasteiger charge is 2.49. The minimum atomic E-state index is -1.00. The maximum Gasteiger partial charge on any atom is 0.302 e. The number of aliphatic hydroxyl groups excluding tert-OH is 1. The Morgan fingerprint density at radius 2 is 1.91 bits per heavy atom. The van der Waals surface area contributed by atoms with Crippen molar-refractivity contribution in [2.45, 2.75) is 26.3 Å². The average molecular weight is 463 g/mol. The van der Waals surface area contributed by atoms with Gasteiger partial charge in [-0.2, -0.15) is 0 Å². The summed E-state index contributed by atoms with van der Waals surface area (Å²) in [5.41, 5.74) is 1.94. The highest BCUT2D eigenvalue weighted by atomic mass is 32.1. The number of carbonyl (C=O) groups is 2. The maximum atomic E-state index is 13.4. The fourth-order valence-electron chi connectivity index (χ4n) is 3.94. The van der Waals surface area contributed by atoms with Crippen LogP contribution in [0.4, 0.5) is 9.52 Å². The molecule has 2 aromatic carbocycles. The van der Waals surface area contributed by atoms with Crippen molar-refractivity contribution < 1.29 is 23.5 Å². The van der Waals surface area contributed by atoms with Gasteiger partial charge in [-0.15, -0.1) is 0 Å². The lowest BCUT2D eigenvalue weighted by atomic mass is 9.99. The summed E-state index contributed by atoms with van der Waals surface area (Å²) in [5, 5.41) is 11.3. The third-order valence-electron chi connectivity index (χ3n) is 5.65. The van der Waals surface area contributed by atoms with Crippen LogP contribution in [0.25, 0.3) is 16.0 Å². The zero-order valence-electron chi connectivity index (χ0n) is 17.8. The third kappa shape index (κ3) is 3.52. The van der Waals surface area contributed by atoms with Crippen molar-refractivity contribution in [3.63, 3.8) is 0 Å². The fraction of sp³-hybridized carbons (Fsp3) is 0.160. The summed E-state index contributed by atoms with van der Waals surface area (Å²) in [5.74, 6) is -1.63. The van der Waals surface area contributed by atoms with Crippen molar-refractivity contribution in [2.75, 3.05) is 4.90 Å². The van der Waals surface area contributed by atoms with Gasteiger partial charge in [0.25, 0.3) is 5.78 Å². The number of aromatic nitrogens is 1. The number of rotatable bonds is 4. The molecule has 2 aromatic heterocycles. The van der Waals surface area contributed by atoms with E-state index >= 15 is 0 Å². The Balaban J connectivity index is 1.70. The molecule has 1 fully saturated rings. The van der Waals surface area contributed by atoms with E-state index in [0.717, 1.165) is 16.7 Å². The molecule has 1 N–H and O–H groups in total. The molecule has 4 aromatic rings. The van der Waals surface area contributed by atoms with Gasteiger partial charge in [-0.25, -0.2) is 9.37 Å². The van der Waals surface area contributed by atoms with Gasteiger partial charge in [0.15, 0.2) is 5.13 Å². The number of aryl methyl sites for hydroxylation is 2. The lowest BCUT2D eigenvalue weighted by Crippen LogP contribution is -2.29. The zero-order chi connectivity index (χ0) is 23.3. The van der Waals surface area contributed by atoms with Crippen molar-refractivity contribution in [1.82, 2.24) is 4.98 Å². The highest BCUT2D eigenvalue weighted by Crippen LogP contribution is 2.44. The fourth-order valence-corrected chi connectivity index (χ4v) is 5.00. The van der Waals surface area contributed by atoms with Crippen LogP contribution in [0.15, 0.2) is 64.6 Å². The number of thiazole rings is 1. The van der Waals surface area contributed by atoms with Gasteiger partial charge in [0.2, 0.25) is 0 Å². The van der Waals surface area contributed by atoms with Crippen LogP contribution in [-0.4, -0.2) is 21.8 Å². The van der Waals surface area contributed by atoms with Crippen LogP contribution in [-0.2, 0) is 16.0 Å². The molecular weight excluding hydrogens is 443 g/mol. The molecule has 0 saturated carbocycles. The molecule has 0 aliphatic carbocycles. The number of amides is 1. The number of Topliss-reactive ketones (excluding diaryl/α,β-unsaturated/α-hetero) is 1. The predicted molar refractivity (Wildman–Crippen MR) is 124 cm³/mol. The number of ketones is 1. The van der Waals surface area contributed by atoms with Crippen molar-refractivity contribution in [2.24, 2.45) is 0 Å². The molecular formula is C25H19FN2O4S. The summed E-state index contributed by atoms with van der Waals surface area (Å²) in [4.78, 5) is 32.2. The predicted octanol–water partition coefficient (Wildman–Crippen LogP) is 5.53. The van der Waals surface area contributed by atoms with Crippen LogP contribution in [0.3, 0.4) is 0 Å². The molecule has 1 aliphatic heterocycles. The van der Waals surface area contributed by atoms with Crippen LogP contribution in [0.2, 0.25) is 0 Å². The van der Waals surface area contributed by atoms with Gasteiger partial charge in [0.1, 0.15) is 29.1 Å². The molecule has 33 heavy (non-hydrogen) atoms. The smallest absolute Gasteiger partial charge is 0.302 e. The summed E-state index contributed by atoms with van der Waals surface area (Å²) < 4.78 is 20.1. The Labute approximate surface area is 192 Å². The van der Waals surface area contributed by atoms with Crippen molar-refractivity contribution in [3.05, 3.63) is 88.6 Å². The first-order valence-electron chi connectivity index (χ1n) is 10.4. The molecule has 5 rings (SSSR count). The topological polar surface area (TPSA) is 83.6 Å². The molecule has 0 spiro atoms. The van der Waals surface area contributed by atoms with Crippen LogP contribution >= 0.6 is 11.3 Å². The number of hydrogen-bond acceptors (Lipinski definition) is 6. The average Bonchev–Trinajstić information content (AvgIpc) is 3.49.